The molecule has 0 fully saturated rings. The van der Waals surface area contributed by atoms with Crippen LogP contribution in [0.15, 0.2) is 24.3 Å². The highest BCUT2D eigenvalue weighted by molar-refractivity contribution is 8.22. The number of thioether (sulfide) groups is 1. The number of nitrogens with one attached hydrogen (secondary N) is 1. The minimum absolute atomic E-state index is 0.760. The van der Waals surface area contributed by atoms with Crippen LogP contribution in [0.3, 0.4) is 0 Å². The maximum Gasteiger partial charge on any atom is 0.133 e. The lowest BCUT2D eigenvalue weighted by Gasteiger charge is -2.04. The molecule has 0 aromatic heterocycles. The summed E-state index contributed by atoms with van der Waals surface area (Å²) < 4.78 is 0.815. The molecule has 0 saturated heterocycles. The van der Waals surface area contributed by atoms with Gasteiger partial charge < -0.3 is 5.32 Å². The molecule has 0 saturated carbocycles. The Balaban J connectivity index is 2.46. The summed E-state index contributed by atoms with van der Waals surface area (Å²) in [6.45, 7) is 0.761. The van der Waals surface area contributed by atoms with Gasteiger partial charge in [0.25, 0.3) is 0 Å². The molecule has 0 aliphatic heterocycles. The van der Waals surface area contributed by atoms with Gasteiger partial charge >= 0.3 is 0 Å². The van der Waals surface area contributed by atoms with Crippen LogP contribution in [-0.2, 0) is 6.54 Å². The predicted octanol–water partition coefficient (Wildman–Crippen LogP) is 3.08. The van der Waals surface area contributed by atoms with Crippen molar-refractivity contribution in [3.63, 3.8) is 0 Å². The highest BCUT2D eigenvalue weighted by Crippen LogP contribution is 2.09. The summed E-state index contributed by atoms with van der Waals surface area (Å²) in [7, 11) is 0. The van der Waals surface area contributed by atoms with Crippen molar-refractivity contribution >= 4 is 39.9 Å². The molecule has 1 aromatic rings. The average molecular weight is 232 g/mol. The van der Waals surface area contributed by atoms with Gasteiger partial charge in [0.2, 0.25) is 0 Å². The topological polar surface area (TPSA) is 12.0 Å². The van der Waals surface area contributed by atoms with Crippen LogP contribution < -0.4 is 5.32 Å². The maximum atomic E-state index is 5.75. The summed E-state index contributed by atoms with van der Waals surface area (Å²) >= 11 is 12.3. The lowest BCUT2D eigenvalue weighted by Crippen LogP contribution is -2.16. The van der Waals surface area contributed by atoms with E-state index in [0.29, 0.717) is 0 Å². The van der Waals surface area contributed by atoms with Gasteiger partial charge in [0, 0.05) is 11.6 Å². The second-order valence-corrected chi connectivity index (χ2v) is 4.39. The van der Waals surface area contributed by atoms with Crippen molar-refractivity contribution in [3.05, 3.63) is 34.9 Å². The largest absolute Gasteiger partial charge is 0.367 e. The molecule has 0 heterocycles. The zero-order chi connectivity index (χ0) is 9.68. The highest BCUT2D eigenvalue weighted by Gasteiger charge is 1.94. The number of rotatable bonds is 2. The van der Waals surface area contributed by atoms with E-state index in [2.05, 4.69) is 5.32 Å². The van der Waals surface area contributed by atoms with Crippen molar-refractivity contribution in [1.29, 1.82) is 0 Å². The standard InChI is InChI=1S/C9H10ClNS2/c1-13-9(12)11-6-7-2-4-8(10)5-3-7/h2-5H,6H2,1H3,(H,11,12). The summed E-state index contributed by atoms with van der Waals surface area (Å²) in [5.41, 5.74) is 1.18. The van der Waals surface area contributed by atoms with E-state index in [1.807, 2.05) is 30.5 Å². The van der Waals surface area contributed by atoms with E-state index in [-0.39, 0.29) is 0 Å². The van der Waals surface area contributed by atoms with Gasteiger partial charge in [-0.05, 0) is 24.0 Å². The minimum atomic E-state index is 0.760. The molecule has 0 amide bonds. The molecular weight excluding hydrogens is 222 g/mol. The van der Waals surface area contributed by atoms with Crippen molar-refractivity contribution in [2.75, 3.05) is 6.26 Å². The molecule has 0 aliphatic rings. The fraction of sp³-hybridized carbons (Fsp3) is 0.222. The Bertz CT molecular complexity index is 284. The van der Waals surface area contributed by atoms with Crippen LogP contribution in [0.2, 0.25) is 5.02 Å². The van der Waals surface area contributed by atoms with Crippen LogP contribution in [0.4, 0.5) is 0 Å². The normalized spacial score (nSPS) is 9.69. The van der Waals surface area contributed by atoms with Gasteiger partial charge in [0.05, 0.1) is 0 Å². The Morgan fingerprint density at radius 1 is 1.46 bits per heavy atom. The molecular formula is C9H10ClNS2. The van der Waals surface area contributed by atoms with Crippen LogP contribution in [0.5, 0.6) is 0 Å². The molecule has 1 N–H and O–H groups in total. The van der Waals surface area contributed by atoms with Crippen LogP contribution in [0, 0.1) is 0 Å². The molecule has 0 bridgehead atoms. The molecule has 1 aromatic carbocycles. The Labute approximate surface area is 92.9 Å². The van der Waals surface area contributed by atoms with Gasteiger partial charge in [-0.3, -0.25) is 0 Å². The van der Waals surface area contributed by atoms with E-state index in [4.69, 9.17) is 23.8 Å². The van der Waals surface area contributed by atoms with Crippen LogP contribution in [0.1, 0.15) is 5.56 Å². The highest BCUT2D eigenvalue weighted by atomic mass is 35.5. The summed E-state index contributed by atoms with van der Waals surface area (Å²) in [5.74, 6) is 0. The molecule has 13 heavy (non-hydrogen) atoms. The third-order valence-corrected chi connectivity index (χ3v) is 2.95. The van der Waals surface area contributed by atoms with Gasteiger partial charge in [0.15, 0.2) is 0 Å². The summed E-state index contributed by atoms with van der Waals surface area (Å²) in [6, 6.07) is 7.72. The molecule has 1 rings (SSSR count). The molecule has 1 nitrogen and oxygen atoms in total. The van der Waals surface area contributed by atoms with Gasteiger partial charge in [-0.25, -0.2) is 0 Å². The minimum Gasteiger partial charge on any atom is -0.367 e. The Hall–Kier alpha value is -0.250. The van der Waals surface area contributed by atoms with E-state index in [0.717, 1.165) is 15.9 Å². The Kier molecular flexibility index (Phi) is 4.56. The van der Waals surface area contributed by atoms with E-state index in [9.17, 15) is 0 Å². The number of benzene rings is 1. The Morgan fingerprint density at radius 3 is 2.62 bits per heavy atom. The number of halogens is 1. The first-order valence-corrected chi connectivity index (χ1v) is 5.79. The van der Waals surface area contributed by atoms with E-state index >= 15 is 0 Å². The van der Waals surface area contributed by atoms with Crippen molar-refractivity contribution < 1.29 is 0 Å². The lowest BCUT2D eigenvalue weighted by atomic mass is 10.2. The van der Waals surface area contributed by atoms with Gasteiger partial charge in [0.1, 0.15) is 4.32 Å². The van der Waals surface area contributed by atoms with Crippen LogP contribution in [0.25, 0.3) is 0 Å². The second-order valence-electron chi connectivity index (χ2n) is 2.47. The van der Waals surface area contributed by atoms with Crippen molar-refractivity contribution in [1.82, 2.24) is 5.32 Å². The van der Waals surface area contributed by atoms with E-state index in [1.54, 1.807) is 11.8 Å². The predicted molar refractivity (Wildman–Crippen MR) is 64.4 cm³/mol. The molecule has 0 spiro atoms. The zero-order valence-corrected chi connectivity index (χ0v) is 9.60. The lowest BCUT2D eigenvalue weighted by molar-refractivity contribution is 0.940. The van der Waals surface area contributed by atoms with Crippen LogP contribution >= 0.6 is 35.6 Å². The summed E-state index contributed by atoms with van der Waals surface area (Å²) in [6.07, 6.45) is 1.96. The van der Waals surface area contributed by atoms with E-state index < -0.39 is 0 Å². The first-order chi connectivity index (χ1) is 6.22. The summed E-state index contributed by atoms with van der Waals surface area (Å²) in [4.78, 5) is 0. The quantitative estimate of drug-likeness (QED) is 0.786. The molecule has 0 unspecified atom stereocenters. The fourth-order valence-electron chi connectivity index (χ4n) is 0.849. The van der Waals surface area contributed by atoms with Crippen molar-refractivity contribution in [2.45, 2.75) is 6.54 Å². The van der Waals surface area contributed by atoms with Gasteiger partial charge in [-0.2, -0.15) is 0 Å². The summed E-state index contributed by atoms with van der Waals surface area (Å²) in [5, 5.41) is 3.88. The number of hydrogen-bond acceptors (Lipinski definition) is 2. The Morgan fingerprint density at radius 2 is 2.08 bits per heavy atom. The molecule has 0 aliphatic carbocycles. The van der Waals surface area contributed by atoms with Gasteiger partial charge in [-0.1, -0.05) is 36.0 Å². The zero-order valence-electron chi connectivity index (χ0n) is 7.21. The fourth-order valence-corrected chi connectivity index (χ4v) is 1.26. The van der Waals surface area contributed by atoms with Crippen molar-refractivity contribution in [2.24, 2.45) is 0 Å². The third kappa shape index (κ3) is 3.98. The first kappa shape index (κ1) is 10.8. The second kappa shape index (κ2) is 5.47. The smallest absolute Gasteiger partial charge is 0.133 e. The third-order valence-electron chi connectivity index (χ3n) is 1.54. The first-order valence-electron chi connectivity index (χ1n) is 3.78. The van der Waals surface area contributed by atoms with E-state index in [1.165, 1.54) is 5.56 Å². The molecule has 4 heteroatoms. The van der Waals surface area contributed by atoms with Gasteiger partial charge in [-0.15, -0.1) is 11.8 Å². The SMILES string of the molecule is CSC(=S)NCc1ccc(Cl)cc1. The molecule has 0 radical (unpaired) electrons. The van der Waals surface area contributed by atoms with Crippen LogP contribution in [-0.4, -0.2) is 10.6 Å². The molecule has 70 valence electrons. The maximum absolute atomic E-state index is 5.75. The number of thiocarbonyl (C=S) groups is 1. The monoisotopic (exact) mass is 231 g/mol. The van der Waals surface area contributed by atoms with Crippen molar-refractivity contribution in [3.8, 4) is 0 Å². The average Bonchev–Trinajstić information content (AvgIpc) is 2.16. The number of hydrogen-bond donors (Lipinski definition) is 1. The molecule has 0 atom stereocenters.